The zero-order valence-corrected chi connectivity index (χ0v) is 21.1. The lowest BCUT2D eigenvalue weighted by atomic mass is 9.83. The third kappa shape index (κ3) is 4.43. The third-order valence-electron chi connectivity index (χ3n) is 7.90. The van der Waals surface area contributed by atoms with Crippen LogP contribution in [0.1, 0.15) is 48.8 Å². The summed E-state index contributed by atoms with van der Waals surface area (Å²) in [5, 5.41) is 8.59. The van der Waals surface area contributed by atoms with E-state index >= 15 is 0 Å². The molecule has 1 spiro atoms. The summed E-state index contributed by atoms with van der Waals surface area (Å²) in [6.07, 6.45) is 6.16. The number of hydrogen-bond acceptors (Lipinski definition) is 6. The highest BCUT2D eigenvalue weighted by Gasteiger charge is 2.54. The number of methoxy groups -OCH3 is 1. The fraction of sp³-hybridized carbons (Fsp3) is 0.500. The molecule has 180 valence electrons. The Morgan fingerprint density at radius 2 is 1.82 bits per heavy atom. The number of aryl methyl sites for hydroxylation is 2. The molecular formula is C28H37N5O. The molecule has 2 fully saturated rings. The lowest BCUT2D eigenvalue weighted by molar-refractivity contribution is 0.296. The van der Waals surface area contributed by atoms with E-state index in [-0.39, 0.29) is 0 Å². The molecular weight excluding hydrogens is 422 g/mol. The molecule has 0 bridgehead atoms. The summed E-state index contributed by atoms with van der Waals surface area (Å²) in [5.41, 5.74) is 5.35. The Morgan fingerprint density at radius 1 is 1.06 bits per heavy atom. The number of para-hydroxylation sites is 1. The predicted octanol–water partition coefficient (Wildman–Crippen LogP) is 5.22. The quantitative estimate of drug-likeness (QED) is 0.505. The Kier molecular flexibility index (Phi) is 6.11. The minimum Gasteiger partial charge on any atom is -0.496 e. The van der Waals surface area contributed by atoms with E-state index in [2.05, 4.69) is 53.6 Å². The van der Waals surface area contributed by atoms with Gasteiger partial charge in [-0.25, -0.2) is 4.98 Å². The fourth-order valence-electron chi connectivity index (χ4n) is 5.67. The number of nitrogens with one attached hydrogen (secondary N) is 2. The first-order chi connectivity index (χ1) is 16.4. The van der Waals surface area contributed by atoms with Crippen molar-refractivity contribution in [1.82, 2.24) is 15.3 Å². The van der Waals surface area contributed by atoms with E-state index in [1.807, 2.05) is 26.2 Å². The summed E-state index contributed by atoms with van der Waals surface area (Å²) < 4.78 is 5.46. The lowest BCUT2D eigenvalue weighted by Gasteiger charge is -2.30. The van der Waals surface area contributed by atoms with Crippen LogP contribution < -0.4 is 20.3 Å². The summed E-state index contributed by atoms with van der Waals surface area (Å²) in [7, 11) is 5.82. The number of ether oxygens (including phenoxy) is 1. The molecule has 5 rings (SSSR count). The van der Waals surface area contributed by atoms with Gasteiger partial charge in [0.25, 0.3) is 0 Å². The molecule has 0 radical (unpaired) electrons. The van der Waals surface area contributed by atoms with Gasteiger partial charge < -0.3 is 20.3 Å². The van der Waals surface area contributed by atoms with Gasteiger partial charge in [0.05, 0.1) is 12.6 Å². The first kappa shape index (κ1) is 22.9. The molecule has 1 heterocycles. The van der Waals surface area contributed by atoms with Crippen LogP contribution in [0.5, 0.6) is 5.75 Å². The maximum absolute atomic E-state index is 5.46. The molecule has 2 aliphatic rings. The van der Waals surface area contributed by atoms with Crippen molar-refractivity contribution < 1.29 is 4.74 Å². The Morgan fingerprint density at radius 3 is 2.56 bits per heavy atom. The highest BCUT2D eigenvalue weighted by Crippen LogP contribution is 2.56. The van der Waals surface area contributed by atoms with Crippen LogP contribution in [0.3, 0.4) is 0 Å². The van der Waals surface area contributed by atoms with Crippen molar-refractivity contribution >= 4 is 22.7 Å². The van der Waals surface area contributed by atoms with E-state index < -0.39 is 0 Å². The average Bonchev–Trinajstić information content (AvgIpc) is 3.51. The van der Waals surface area contributed by atoms with Gasteiger partial charge in [-0.05, 0) is 86.3 Å². The molecule has 3 aromatic rings. The summed E-state index contributed by atoms with van der Waals surface area (Å²) >= 11 is 0. The van der Waals surface area contributed by atoms with Crippen LogP contribution >= 0.6 is 0 Å². The van der Waals surface area contributed by atoms with Crippen LogP contribution in [0.25, 0.3) is 10.9 Å². The number of hydrogen-bond donors (Lipinski definition) is 2. The van der Waals surface area contributed by atoms with Gasteiger partial charge >= 0.3 is 0 Å². The third-order valence-corrected chi connectivity index (χ3v) is 7.90. The van der Waals surface area contributed by atoms with Gasteiger partial charge in [-0.2, -0.15) is 4.98 Å². The minimum absolute atomic E-state index is 0.439. The van der Waals surface area contributed by atoms with Crippen LogP contribution in [0, 0.1) is 19.3 Å². The first-order valence-electron chi connectivity index (χ1n) is 12.5. The molecule has 6 heteroatoms. The van der Waals surface area contributed by atoms with Crippen molar-refractivity contribution in [3.63, 3.8) is 0 Å². The zero-order chi connectivity index (χ0) is 23.9. The first-order valence-corrected chi connectivity index (χ1v) is 12.5. The van der Waals surface area contributed by atoms with Crippen molar-refractivity contribution in [3.05, 3.63) is 53.1 Å². The van der Waals surface area contributed by atoms with Gasteiger partial charge in [0.15, 0.2) is 0 Å². The molecule has 6 nitrogen and oxygen atoms in total. The molecule has 2 saturated carbocycles. The molecule has 0 aliphatic heterocycles. The van der Waals surface area contributed by atoms with E-state index in [0.29, 0.717) is 17.5 Å². The average molecular weight is 460 g/mol. The van der Waals surface area contributed by atoms with Crippen LogP contribution in [-0.4, -0.2) is 43.3 Å². The predicted molar refractivity (Wildman–Crippen MR) is 140 cm³/mol. The van der Waals surface area contributed by atoms with E-state index in [4.69, 9.17) is 14.7 Å². The molecule has 0 saturated heterocycles. The van der Waals surface area contributed by atoms with Crippen molar-refractivity contribution in [2.45, 2.75) is 64.6 Å². The SMILES string of the molecule is COc1cc(C)c(CNC2CC23CCC(Nc2nc(N(C)C)c4ccccc4n2)CC3)cc1C. The Balaban J connectivity index is 1.18. The smallest absolute Gasteiger partial charge is 0.225 e. The standard InChI is InChI=1S/C28H37N5O/c1-18-15-24(34-5)19(2)14-20(18)17-29-25-16-28(25)12-10-21(11-13-28)30-27-31-23-9-7-6-8-22(23)26(32-27)33(3)4/h6-9,14-15,21,25,29H,10-13,16-17H2,1-5H3,(H,30,31,32). The largest absolute Gasteiger partial charge is 0.496 e. The summed E-state index contributed by atoms with van der Waals surface area (Å²) in [5.74, 6) is 2.69. The topological polar surface area (TPSA) is 62.3 Å². The summed E-state index contributed by atoms with van der Waals surface area (Å²) in [6, 6.07) is 13.7. The van der Waals surface area contributed by atoms with Crippen molar-refractivity contribution in [1.29, 1.82) is 0 Å². The van der Waals surface area contributed by atoms with Crippen molar-refractivity contribution in [2.75, 3.05) is 31.4 Å². The van der Waals surface area contributed by atoms with E-state index in [1.165, 1.54) is 48.8 Å². The summed E-state index contributed by atoms with van der Waals surface area (Å²) in [6.45, 7) is 5.23. The molecule has 34 heavy (non-hydrogen) atoms. The molecule has 0 amide bonds. The molecule has 1 atom stereocenters. The fourth-order valence-corrected chi connectivity index (χ4v) is 5.67. The Bertz CT molecular complexity index is 1180. The van der Waals surface area contributed by atoms with Gasteiger partial charge in [0.1, 0.15) is 11.6 Å². The molecule has 1 aromatic heterocycles. The maximum atomic E-state index is 5.46. The number of anilines is 2. The zero-order valence-electron chi connectivity index (χ0n) is 21.1. The summed E-state index contributed by atoms with van der Waals surface area (Å²) in [4.78, 5) is 11.7. The second-order valence-corrected chi connectivity index (χ2v) is 10.4. The van der Waals surface area contributed by atoms with Crippen molar-refractivity contribution in [2.24, 2.45) is 5.41 Å². The number of nitrogens with zero attached hydrogens (tertiary/aromatic N) is 3. The number of aromatic nitrogens is 2. The second-order valence-electron chi connectivity index (χ2n) is 10.4. The highest BCUT2D eigenvalue weighted by atomic mass is 16.5. The van der Waals surface area contributed by atoms with E-state index in [9.17, 15) is 0 Å². The van der Waals surface area contributed by atoms with E-state index in [1.54, 1.807) is 7.11 Å². The molecule has 2 aromatic carbocycles. The van der Waals surface area contributed by atoms with Gasteiger partial charge in [0.2, 0.25) is 5.95 Å². The maximum Gasteiger partial charge on any atom is 0.225 e. The van der Waals surface area contributed by atoms with Crippen LogP contribution in [-0.2, 0) is 6.54 Å². The molecule has 1 unspecified atom stereocenters. The number of benzene rings is 2. The van der Waals surface area contributed by atoms with Gasteiger partial charge in [0, 0.05) is 38.1 Å². The van der Waals surface area contributed by atoms with Gasteiger partial charge in [-0.15, -0.1) is 0 Å². The lowest BCUT2D eigenvalue weighted by Crippen LogP contribution is -2.32. The van der Waals surface area contributed by atoms with Crippen LogP contribution in [0.15, 0.2) is 36.4 Å². The minimum atomic E-state index is 0.439. The van der Waals surface area contributed by atoms with Gasteiger partial charge in [-0.1, -0.05) is 18.2 Å². The highest BCUT2D eigenvalue weighted by molar-refractivity contribution is 5.90. The van der Waals surface area contributed by atoms with Crippen LogP contribution in [0.4, 0.5) is 11.8 Å². The second kappa shape index (κ2) is 9.06. The van der Waals surface area contributed by atoms with Gasteiger partial charge in [-0.3, -0.25) is 0 Å². The normalized spacial score (nSPS) is 23.8. The molecule has 2 N–H and O–H groups in total. The monoisotopic (exact) mass is 459 g/mol. The van der Waals surface area contributed by atoms with Crippen LogP contribution in [0.2, 0.25) is 0 Å². The Hall–Kier alpha value is -2.86. The molecule has 2 aliphatic carbocycles. The number of fused-ring (bicyclic) bond motifs is 1. The Labute approximate surface area is 203 Å². The number of rotatable bonds is 7. The van der Waals surface area contributed by atoms with E-state index in [0.717, 1.165) is 35.0 Å². The van der Waals surface area contributed by atoms with Crippen molar-refractivity contribution in [3.8, 4) is 5.75 Å².